The van der Waals surface area contributed by atoms with Crippen molar-refractivity contribution in [1.29, 1.82) is 0 Å². The van der Waals surface area contributed by atoms with Gasteiger partial charge in [-0.3, -0.25) is 20.0 Å². The summed E-state index contributed by atoms with van der Waals surface area (Å²) in [6.45, 7) is 22.0. The van der Waals surface area contributed by atoms with Crippen LogP contribution in [0.4, 0.5) is 11.4 Å². The fourth-order valence-corrected chi connectivity index (χ4v) is 8.29. The summed E-state index contributed by atoms with van der Waals surface area (Å²) in [4.78, 5) is 24.1. The number of anilines is 2. The summed E-state index contributed by atoms with van der Waals surface area (Å²) in [7, 11) is 0. The van der Waals surface area contributed by atoms with E-state index in [1.165, 1.54) is 32.3 Å². The Hall–Kier alpha value is -5.10. The molecule has 0 unspecified atom stereocenters. The average molecular weight is 659 g/mol. The smallest absolute Gasteiger partial charge is 0.102 e. The van der Waals surface area contributed by atoms with E-state index < -0.39 is 0 Å². The van der Waals surface area contributed by atoms with Gasteiger partial charge in [-0.1, -0.05) is 48.5 Å². The molecule has 6 aromatic rings. The second-order valence-electron chi connectivity index (χ2n) is 16.2. The van der Waals surface area contributed by atoms with Crippen molar-refractivity contribution in [2.24, 2.45) is 9.98 Å². The maximum Gasteiger partial charge on any atom is 0.102 e. The first-order valence-corrected chi connectivity index (χ1v) is 17.6. The van der Waals surface area contributed by atoms with Gasteiger partial charge in [-0.15, -0.1) is 0 Å². The molecule has 0 bridgehead atoms. The number of aromatic nitrogens is 2. The summed E-state index contributed by atoms with van der Waals surface area (Å²) < 4.78 is 0. The van der Waals surface area contributed by atoms with Gasteiger partial charge in [0.15, 0.2) is 0 Å². The number of amidine groups is 2. The molecule has 0 radical (unpaired) electrons. The summed E-state index contributed by atoms with van der Waals surface area (Å²) in [5, 5.41) is 7.43. The number of nitrogens with zero attached hydrogens (tertiary/aromatic N) is 6. The van der Waals surface area contributed by atoms with Crippen molar-refractivity contribution in [2.45, 2.75) is 91.4 Å². The Kier molecular flexibility index (Phi) is 6.87. The maximum atomic E-state index is 5.00. The lowest BCUT2D eigenvalue weighted by Gasteiger charge is -2.41. The van der Waals surface area contributed by atoms with Crippen molar-refractivity contribution in [1.82, 2.24) is 9.97 Å². The van der Waals surface area contributed by atoms with Crippen LogP contribution in [0.1, 0.15) is 69.2 Å². The molecule has 8 rings (SSSR count). The van der Waals surface area contributed by atoms with Crippen molar-refractivity contribution >= 4 is 55.4 Å². The Morgan fingerprint density at radius 2 is 0.800 bits per heavy atom. The minimum Gasteiger partial charge on any atom is -0.321 e. The molecule has 0 aliphatic carbocycles. The predicted octanol–water partition coefficient (Wildman–Crippen LogP) is 10.9. The van der Waals surface area contributed by atoms with Crippen LogP contribution >= 0.6 is 0 Å². The number of benzene rings is 4. The normalized spacial score (nSPS) is 19.0. The van der Waals surface area contributed by atoms with E-state index in [0.717, 1.165) is 45.3 Å². The van der Waals surface area contributed by atoms with Crippen LogP contribution in [0.5, 0.6) is 0 Å². The van der Waals surface area contributed by atoms with Gasteiger partial charge in [-0.2, -0.15) is 0 Å². The van der Waals surface area contributed by atoms with Gasteiger partial charge in [0.2, 0.25) is 0 Å². The predicted molar refractivity (Wildman–Crippen MR) is 213 cm³/mol. The molecular formula is C44H46N6. The fraction of sp³-hybridized carbons (Fsp3) is 0.318. The molecule has 4 heterocycles. The van der Waals surface area contributed by atoms with E-state index in [9.17, 15) is 0 Å². The molecule has 6 heteroatoms. The molecule has 0 spiro atoms. The van der Waals surface area contributed by atoms with Gasteiger partial charge in [0.1, 0.15) is 11.7 Å². The van der Waals surface area contributed by atoms with Gasteiger partial charge in [-0.05, 0) is 137 Å². The number of hydrogen-bond donors (Lipinski definition) is 0. The molecule has 4 aromatic carbocycles. The van der Waals surface area contributed by atoms with E-state index >= 15 is 0 Å². The molecule has 50 heavy (non-hydrogen) atoms. The zero-order valence-electron chi connectivity index (χ0n) is 30.9. The maximum absolute atomic E-state index is 5.00. The monoisotopic (exact) mass is 658 g/mol. The standard InChI is InChI=1S/C44H46N6/c1-27-47-41(3,4)43(7,8)49(27)33-19-31(23-45-25-33)29-15-17-37-38-18-16-30(22-40(38)36-14-12-11-13-35(36)39(37)21-29)32-20-34(26-46-24-32)50-28(2)48-42(5,6)44(50,9)10/h11-26H,1-10H3. The Morgan fingerprint density at radius 1 is 0.420 bits per heavy atom. The van der Waals surface area contributed by atoms with E-state index in [2.05, 4.69) is 152 Å². The third-order valence-electron chi connectivity index (χ3n) is 12.1. The van der Waals surface area contributed by atoms with E-state index in [-0.39, 0.29) is 22.2 Å². The second kappa shape index (κ2) is 10.7. The average Bonchev–Trinajstić information content (AvgIpc) is 3.35. The van der Waals surface area contributed by atoms with E-state index in [1.54, 1.807) is 0 Å². The van der Waals surface area contributed by atoms with Crippen molar-refractivity contribution in [3.8, 4) is 22.3 Å². The molecule has 0 amide bonds. The third-order valence-corrected chi connectivity index (χ3v) is 12.1. The minimum atomic E-state index is -0.203. The van der Waals surface area contributed by atoms with E-state index in [4.69, 9.17) is 20.0 Å². The molecule has 2 aliphatic rings. The lowest BCUT2D eigenvalue weighted by molar-refractivity contribution is 0.338. The van der Waals surface area contributed by atoms with Gasteiger partial charge >= 0.3 is 0 Å². The van der Waals surface area contributed by atoms with E-state index in [1.807, 2.05) is 24.8 Å². The van der Waals surface area contributed by atoms with Crippen molar-refractivity contribution in [3.05, 3.63) is 97.6 Å². The SMILES string of the molecule is CC1=NC(C)(C)C(C)(C)N1c1cncc(-c2ccc3c4ccc(-c5cncc(N6C(C)=NC(C)(C)C6(C)C)c5)cc4c4ccccc4c3c2)c1. The lowest BCUT2D eigenvalue weighted by atomic mass is 9.83. The number of aliphatic imine (C=N–C) groups is 2. The number of pyridine rings is 2. The first-order valence-electron chi connectivity index (χ1n) is 17.6. The van der Waals surface area contributed by atoms with Crippen molar-refractivity contribution in [2.75, 3.05) is 9.80 Å². The first-order chi connectivity index (χ1) is 23.6. The quantitative estimate of drug-likeness (QED) is 0.177. The molecule has 2 aromatic heterocycles. The van der Waals surface area contributed by atoms with Crippen LogP contribution in [-0.4, -0.2) is 43.8 Å². The topological polar surface area (TPSA) is 57.0 Å². The van der Waals surface area contributed by atoms with Gasteiger partial charge < -0.3 is 9.80 Å². The van der Waals surface area contributed by atoms with Gasteiger partial charge in [0.25, 0.3) is 0 Å². The molecule has 0 saturated carbocycles. The summed E-state index contributed by atoms with van der Waals surface area (Å²) in [6, 6.07) is 27.0. The summed E-state index contributed by atoms with van der Waals surface area (Å²) in [5.41, 5.74) is 5.84. The van der Waals surface area contributed by atoms with Gasteiger partial charge in [0, 0.05) is 23.5 Å². The van der Waals surface area contributed by atoms with Crippen LogP contribution < -0.4 is 9.80 Å². The highest BCUT2D eigenvalue weighted by Crippen LogP contribution is 2.44. The summed E-state index contributed by atoms with van der Waals surface area (Å²) in [5.74, 6) is 2.04. The Balaban J connectivity index is 1.23. The van der Waals surface area contributed by atoms with Crippen LogP contribution in [0, 0.1) is 0 Å². The highest BCUT2D eigenvalue weighted by Gasteiger charge is 2.49. The van der Waals surface area contributed by atoms with Crippen LogP contribution in [0.2, 0.25) is 0 Å². The van der Waals surface area contributed by atoms with Crippen molar-refractivity contribution < 1.29 is 0 Å². The first kappa shape index (κ1) is 32.1. The van der Waals surface area contributed by atoms with Crippen LogP contribution in [0.25, 0.3) is 54.6 Å². The Bertz CT molecular complexity index is 2240. The number of fused-ring (bicyclic) bond motifs is 6. The lowest BCUT2D eigenvalue weighted by Crippen LogP contribution is -2.53. The molecule has 0 fully saturated rings. The molecule has 6 nitrogen and oxygen atoms in total. The van der Waals surface area contributed by atoms with Crippen LogP contribution in [0.3, 0.4) is 0 Å². The fourth-order valence-electron chi connectivity index (χ4n) is 8.29. The van der Waals surface area contributed by atoms with Crippen molar-refractivity contribution in [3.63, 3.8) is 0 Å². The Morgan fingerprint density at radius 3 is 1.16 bits per heavy atom. The number of rotatable bonds is 4. The Labute approximate surface area is 295 Å². The zero-order chi connectivity index (χ0) is 35.4. The van der Waals surface area contributed by atoms with E-state index in [0.29, 0.717) is 0 Å². The largest absolute Gasteiger partial charge is 0.321 e. The second-order valence-corrected chi connectivity index (χ2v) is 16.2. The molecule has 252 valence electrons. The van der Waals surface area contributed by atoms with Gasteiger partial charge in [-0.25, -0.2) is 0 Å². The molecular weight excluding hydrogens is 613 g/mol. The summed E-state index contributed by atoms with van der Waals surface area (Å²) in [6.07, 6.45) is 7.86. The zero-order valence-corrected chi connectivity index (χ0v) is 30.9. The van der Waals surface area contributed by atoms with Gasteiger partial charge in [0.05, 0.1) is 45.9 Å². The number of hydrogen-bond acceptors (Lipinski definition) is 6. The molecule has 0 saturated heterocycles. The van der Waals surface area contributed by atoms with Crippen LogP contribution in [0.15, 0.2) is 108 Å². The molecule has 0 N–H and O–H groups in total. The highest BCUT2D eigenvalue weighted by atomic mass is 15.3. The minimum absolute atomic E-state index is 0.180. The van der Waals surface area contributed by atoms with Crippen LogP contribution in [-0.2, 0) is 0 Å². The third kappa shape index (κ3) is 4.60. The molecule has 0 atom stereocenters. The molecule has 2 aliphatic heterocycles. The highest BCUT2D eigenvalue weighted by molar-refractivity contribution is 6.26. The summed E-state index contributed by atoms with van der Waals surface area (Å²) >= 11 is 0.